The van der Waals surface area contributed by atoms with Gasteiger partial charge in [-0.1, -0.05) is 49.2 Å². The number of rotatable bonds is 6. The largest absolute Gasteiger partial charge is 0.488 e. The highest BCUT2D eigenvalue weighted by atomic mass is 127. The van der Waals surface area contributed by atoms with E-state index in [1.165, 1.54) is 12.8 Å². The molecule has 1 amide bonds. The number of carbonyl (C=O) groups excluding carboxylic acids is 1. The summed E-state index contributed by atoms with van der Waals surface area (Å²) in [7, 11) is 0. The van der Waals surface area contributed by atoms with Gasteiger partial charge in [-0.25, -0.2) is 4.79 Å². The van der Waals surface area contributed by atoms with Crippen LogP contribution in [0.5, 0.6) is 5.75 Å². The van der Waals surface area contributed by atoms with Crippen LogP contribution in [0.1, 0.15) is 57.6 Å². The van der Waals surface area contributed by atoms with Crippen molar-refractivity contribution >= 4 is 28.7 Å². The van der Waals surface area contributed by atoms with Crippen molar-refractivity contribution in [3.05, 3.63) is 63.2 Å². The summed E-state index contributed by atoms with van der Waals surface area (Å²) in [5.41, 5.74) is 1.75. The number of amides is 1. The van der Waals surface area contributed by atoms with E-state index in [2.05, 4.69) is 46.9 Å². The fourth-order valence-corrected chi connectivity index (χ4v) is 4.31. The summed E-state index contributed by atoms with van der Waals surface area (Å²) in [5, 5.41) is 0. The van der Waals surface area contributed by atoms with Gasteiger partial charge in [0.15, 0.2) is 0 Å². The molecule has 0 N–H and O–H groups in total. The molecule has 3 rings (SSSR count). The van der Waals surface area contributed by atoms with Gasteiger partial charge in [-0.15, -0.1) is 0 Å². The Morgan fingerprint density at radius 2 is 1.76 bits per heavy atom. The van der Waals surface area contributed by atoms with Gasteiger partial charge in [0.1, 0.15) is 18.0 Å². The summed E-state index contributed by atoms with van der Waals surface area (Å²) in [4.78, 5) is 14.7. The molecule has 0 unspecified atom stereocenters. The van der Waals surface area contributed by atoms with Crippen LogP contribution in [0.3, 0.4) is 0 Å². The van der Waals surface area contributed by atoms with E-state index < -0.39 is 5.60 Å². The van der Waals surface area contributed by atoms with E-state index >= 15 is 0 Å². The van der Waals surface area contributed by atoms with E-state index in [0.717, 1.165) is 33.3 Å². The molecule has 0 heterocycles. The summed E-state index contributed by atoms with van der Waals surface area (Å²) in [5.74, 6) is 0.864. The molecule has 0 spiro atoms. The Labute approximate surface area is 187 Å². The lowest BCUT2D eigenvalue weighted by atomic mass is 10.1. The van der Waals surface area contributed by atoms with Crippen LogP contribution in [0, 0.1) is 3.57 Å². The van der Waals surface area contributed by atoms with Gasteiger partial charge in [-0.3, -0.25) is 0 Å². The van der Waals surface area contributed by atoms with E-state index in [9.17, 15) is 4.79 Å². The Morgan fingerprint density at radius 1 is 1.07 bits per heavy atom. The van der Waals surface area contributed by atoms with Crippen molar-refractivity contribution in [2.75, 3.05) is 0 Å². The van der Waals surface area contributed by atoms with E-state index in [-0.39, 0.29) is 12.1 Å². The lowest BCUT2D eigenvalue weighted by Gasteiger charge is -2.31. The van der Waals surface area contributed by atoms with Crippen LogP contribution >= 0.6 is 22.6 Å². The second-order valence-electron chi connectivity index (χ2n) is 8.59. The Bertz CT molecular complexity index is 811. The minimum Gasteiger partial charge on any atom is -0.488 e. The second kappa shape index (κ2) is 9.83. The molecule has 1 fully saturated rings. The number of carbonyl (C=O) groups is 1. The SMILES string of the molecule is CC(C)(C)OC(=O)N(Cc1ccc(OCc2ccccc2)c(I)c1)C1CCCC1. The van der Waals surface area contributed by atoms with Crippen molar-refractivity contribution in [3.63, 3.8) is 0 Å². The average molecular weight is 507 g/mol. The third-order valence-corrected chi connectivity index (χ3v) is 5.82. The molecule has 0 bridgehead atoms. The first-order chi connectivity index (χ1) is 13.8. The van der Waals surface area contributed by atoms with Crippen LogP contribution in [0.15, 0.2) is 48.5 Å². The van der Waals surface area contributed by atoms with Gasteiger partial charge < -0.3 is 14.4 Å². The zero-order valence-electron chi connectivity index (χ0n) is 17.5. The molecule has 1 aliphatic rings. The van der Waals surface area contributed by atoms with E-state index in [0.29, 0.717) is 13.2 Å². The number of ether oxygens (including phenoxy) is 2. The van der Waals surface area contributed by atoms with E-state index in [4.69, 9.17) is 9.47 Å². The summed E-state index contributed by atoms with van der Waals surface area (Å²) in [6.07, 6.45) is 4.23. The van der Waals surface area contributed by atoms with Gasteiger partial charge in [0.05, 0.1) is 3.57 Å². The smallest absolute Gasteiger partial charge is 0.410 e. The molecule has 29 heavy (non-hydrogen) atoms. The molecule has 0 aliphatic heterocycles. The highest BCUT2D eigenvalue weighted by Gasteiger charge is 2.30. The fraction of sp³-hybridized carbons (Fsp3) is 0.458. The fourth-order valence-electron chi connectivity index (χ4n) is 3.57. The topological polar surface area (TPSA) is 38.8 Å². The lowest BCUT2D eigenvalue weighted by Crippen LogP contribution is -2.41. The molecule has 0 atom stereocenters. The van der Waals surface area contributed by atoms with Crippen molar-refractivity contribution in [3.8, 4) is 5.75 Å². The molecule has 0 radical (unpaired) electrons. The van der Waals surface area contributed by atoms with Crippen LogP contribution in [0.2, 0.25) is 0 Å². The molecule has 1 saturated carbocycles. The molecule has 2 aromatic rings. The molecular weight excluding hydrogens is 477 g/mol. The Balaban J connectivity index is 1.69. The lowest BCUT2D eigenvalue weighted by molar-refractivity contribution is 0.0145. The van der Waals surface area contributed by atoms with Gasteiger partial charge in [-0.2, -0.15) is 0 Å². The molecule has 1 aliphatic carbocycles. The van der Waals surface area contributed by atoms with Crippen LogP contribution in [-0.4, -0.2) is 22.6 Å². The third-order valence-electron chi connectivity index (χ3n) is 4.98. The Kier molecular flexibility index (Phi) is 7.44. The predicted octanol–water partition coefficient (Wildman–Crippen LogP) is 6.55. The van der Waals surface area contributed by atoms with Crippen molar-refractivity contribution in [2.45, 2.75) is 71.2 Å². The molecule has 5 heteroatoms. The van der Waals surface area contributed by atoms with E-state index in [1.807, 2.05) is 49.9 Å². The predicted molar refractivity (Wildman–Crippen MR) is 124 cm³/mol. The Hall–Kier alpha value is -1.76. The molecule has 156 valence electrons. The molecule has 0 saturated heterocycles. The van der Waals surface area contributed by atoms with Crippen molar-refractivity contribution in [2.24, 2.45) is 0 Å². The van der Waals surface area contributed by atoms with Crippen LogP contribution in [-0.2, 0) is 17.9 Å². The average Bonchev–Trinajstić information content (AvgIpc) is 3.19. The number of hydrogen-bond acceptors (Lipinski definition) is 3. The second-order valence-corrected chi connectivity index (χ2v) is 9.75. The van der Waals surface area contributed by atoms with Gasteiger partial charge in [0, 0.05) is 12.6 Å². The summed E-state index contributed by atoms with van der Waals surface area (Å²) >= 11 is 2.30. The van der Waals surface area contributed by atoms with E-state index in [1.54, 1.807) is 0 Å². The first-order valence-corrected chi connectivity index (χ1v) is 11.3. The van der Waals surface area contributed by atoms with Crippen molar-refractivity contribution < 1.29 is 14.3 Å². The van der Waals surface area contributed by atoms with Crippen LogP contribution < -0.4 is 4.74 Å². The quantitative estimate of drug-likeness (QED) is 0.417. The first kappa shape index (κ1) is 21.9. The number of halogens is 1. The number of nitrogens with zero attached hydrogens (tertiary/aromatic N) is 1. The standard InChI is InChI=1S/C24H30INO3/c1-24(2,3)29-23(27)26(20-11-7-8-12-20)16-19-13-14-22(21(25)15-19)28-17-18-9-5-4-6-10-18/h4-6,9-10,13-15,20H,7-8,11-12,16-17H2,1-3H3. The zero-order chi connectivity index (χ0) is 20.9. The van der Waals surface area contributed by atoms with Crippen molar-refractivity contribution in [1.82, 2.24) is 4.90 Å². The molecule has 2 aromatic carbocycles. The molecule has 4 nitrogen and oxygen atoms in total. The van der Waals surface area contributed by atoms with Gasteiger partial charge in [0.2, 0.25) is 0 Å². The van der Waals surface area contributed by atoms with Crippen LogP contribution in [0.4, 0.5) is 4.79 Å². The summed E-state index contributed by atoms with van der Waals surface area (Å²) in [6, 6.07) is 16.6. The highest BCUT2D eigenvalue weighted by molar-refractivity contribution is 14.1. The molecular formula is C24H30INO3. The third kappa shape index (κ3) is 6.63. The van der Waals surface area contributed by atoms with Gasteiger partial charge in [0.25, 0.3) is 0 Å². The maximum Gasteiger partial charge on any atom is 0.410 e. The summed E-state index contributed by atoms with van der Waals surface area (Å²) < 4.78 is 12.7. The highest BCUT2D eigenvalue weighted by Crippen LogP contribution is 2.29. The minimum absolute atomic E-state index is 0.219. The number of hydrogen-bond donors (Lipinski definition) is 0. The minimum atomic E-state index is -0.489. The maximum atomic E-state index is 12.8. The maximum absolute atomic E-state index is 12.8. The molecule has 0 aromatic heterocycles. The van der Waals surface area contributed by atoms with Gasteiger partial charge in [-0.05, 0) is 79.5 Å². The zero-order valence-corrected chi connectivity index (χ0v) is 19.6. The normalized spacial score (nSPS) is 14.6. The van der Waals surface area contributed by atoms with Gasteiger partial charge >= 0.3 is 6.09 Å². The van der Waals surface area contributed by atoms with Crippen molar-refractivity contribution in [1.29, 1.82) is 0 Å². The monoisotopic (exact) mass is 507 g/mol. The van der Waals surface area contributed by atoms with Crippen LogP contribution in [0.25, 0.3) is 0 Å². The first-order valence-electron chi connectivity index (χ1n) is 10.3. The summed E-state index contributed by atoms with van der Waals surface area (Å²) in [6.45, 7) is 6.86. The Morgan fingerprint density at radius 3 is 2.38 bits per heavy atom. The number of benzene rings is 2.